The molecule has 6 N–H and O–H groups in total. The van der Waals surface area contributed by atoms with Gasteiger partial charge in [0.25, 0.3) is 5.91 Å². The molecule has 1 aromatic carbocycles. The summed E-state index contributed by atoms with van der Waals surface area (Å²) in [5.41, 5.74) is 12.9. The highest BCUT2D eigenvalue weighted by Crippen LogP contribution is 2.28. The van der Waals surface area contributed by atoms with Crippen molar-refractivity contribution in [2.45, 2.75) is 98.6 Å². The van der Waals surface area contributed by atoms with Crippen molar-refractivity contribution in [3.05, 3.63) is 53.2 Å². The quantitative estimate of drug-likeness (QED) is 0.119. The number of nitrogens with zero attached hydrogens (tertiary/aromatic N) is 3. The van der Waals surface area contributed by atoms with E-state index in [1.54, 1.807) is 0 Å². The maximum absolute atomic E-state index is 13.8. The molecule has 0 spiro atoms. The lowest BCUT2D eigenvalue weighted by atomic mass is 9.96. The van der Waals surface area contributed by atoms with Gasteiger partial charge in [0, 0.05) is 25.3 Å². The van der Waals surface area contributed by atoms with Crippen LogP contribution in [0.1, 0.15) is 90.6 Å². The molecule has 1 aromatic heterocycles. The van der Waals surface area contributed by atoms with Crippen LogP contribution in [0.3, 0.4) is 0 Å². The second kappa shape index (κ2) is 20.9. The molecule has 5 amide bonds. The number of amides is 5. The van der Waals surface area contributed by atoms with E-state index in [-0.39, 0.29) is 30.6 Å². The lowest BCUT2D eigenvalue weighted by molar-refractivity contribution is -0.129. The molecule has 1 heterocycles. The van der Waals surface area contributed by atoms with Crippen molar-refractivity contribution in [3.8, 4) is 0 Å². The molecule has 0 saturated carbocycles. The molecule has 0 saturated heterocycles. The number of nitrogens with one attached hydrogen (secondary N) is 2. The average molecular weight is 708 g/mol. The Hall–Kier alpha value is -4.52. The van der Waals surface area contributed by atoms with Gasteiger partial charge in [-0.25, -0.2) is 15.0 Å². The molecular weight excluding hydrogens is 655 g/mol. The Bertz CT molecular complexity index is 1590. The summed E-state index contributed by atoms with van der Waals surface area (Å²) in [4.78, 5) is 77.8. The number of primary amides is 1. The number of thiazole rings is 1. The van der Waals surface area contributed by atoms with Crippen molar-refractivity contribution >= 4 is 63.5 Å². The summed E-state index contributed by atoms with van der Waals surface area (Å²) < 4.78 is 0.993. The second-order valence-corrected chi connectivity index (χ2v) is 14.2. The fourth-order valence-corrected chi connectivity index (χ4v) is 5.98. The van der Waals surface area contributed by atoms with Crippen LogP contribution in [0.2, 0.25) is 0 Å². The van der Waals surface area contributed by atoms with Gasteiger partial charge in [0.05, 0.1) is 27.1 Å². The smallest absolute Gasteiger partial charge is 0.268 e. The predicted octanol–water partition coefficient (Wildman–Crippen LogP) is 4.77. The number of carbonyl (C=O) groups is 5. The van der Waals surface area contributed by atoms with Crippen LogP contribution in [-0.2, 0) is 30.4 Å². The van der Waals surface area contributed by atoms with Crippen LogP contribution >= 0.6 is 11.3 Å². The van der Waals surface area contributed by atoms with Crippen molar-refractivity contribution in [1.82, 2.24) is 15.6 Å². The van der Waals surface area contributed by atoms with E-state index in [2.05, 4.69) is 40.5 Å². The van der Waals surface area contributed by atoms with E-state index in [9.17, 15) is 24.0 Å². The third kappa shape index (κ3) is 13.4. The van der Waals surface area contributed by atoms with E-state index in [0.29, 0.717) is 30.2 Å². The molecule has 0 aliphatic heterocycles. The number of aliphatic imine (C=N–C) groups is 2. The number of hydrogen-bond acceptors (Lipinski definition) is 8. The largest absolute Gasteiger partial charge is 0.405 e. The highest BCUT2D eigenvalue weighted by molar-refractivity contribution is 7.18. The zero-order valence-corrected chi connectivity index (χ0v) is 31.0. The van der Waals surface area contributed by atoms with E-state index >= 15 is 0 Å². The van der Waals surface area contributed by atoms with Crippen LogP contribution in [0, 0.1) is 23.7 Å². The third-order valence-electron chi connectivity index (χ3n) is 8.07. The predicted molar refractivity (Wildman–Crippen MR) is 201 cm³/mol. The molecule has 0 fully saturated rings. The Balaban J connectivity index is 2.38. The molecule has 13 heteroatoms. The van der Waals surface area contributed by atoms with Crippen molar-refractivity contribution < 1.29 is 24.0 Å². The topological polar surface area (TPSA) is 199 Å². The van der Waals surface area contributed by atoms with Gasteiger partial charge in [-0.2, -0.15) is 0 Å². The van der Waals surface area contributed by atoms with Gasteiger partial charge in [0.15, 0.2) is 0 Å². The Kier molecular flexibility index (Phi) is 17.4. The summed E-state index contributed by atoms with van der Waals surface area (Å²) in [5, 5.41) is 6.18. The van der Waals surface area contributed by atoms with E-state index in [1.165, 1.54) is 53.8 Å². The standard InChI is InChI=1S/C37H53N7O5S/c1-8-12-31(45)40-21-27(19-32-42-28-15-14-25(23(5)6)18-30(28)50-32)36(48)44-33(24(7)9-2)37(49)41-20-26(13-10-11-16-38)35(47)43-29(34(39)46)17-22(3)4/h10-11,13-16,18,20-24,26-27,29,33H,8-9,12,17,19,38H2,1-7H3,(H2,39,46)(H,43,47)(H,44,48)/b13-10+,16-11+,40-21?,41-20?/t24-,26?,27-,29-,33-/m0/s1. The van der Waals surface area contributed by atoms with E-state index in [1.807, 2.05) is 46.8 Å². The van der Waals surface area contributed by atoms with Crippen molar-refractivity contribution in [2.24, 2.45) is 45.1 Å². The van der Waals surface area contributed by atoms with Crippen molar-refractivity contribution in [1.29, 1.82) is 0 Å². The minimum absolute atomic E-state index is 0.0862. The number of carbonyl (C=O) groups excluding carboxylic acids is 5. The van der Waals surface area contributed by atoms with Crippen LogP contribution < -0.4 is 22.1 Å². The molecule has 0 aliphatic carbocycles. The first-order valence-corrected chi connectivity index (χ1v) is 18.0. The fraction of sp³-hybridized carbons (Fsp3) is 0.514. The van der Waals surface area contributed by atoms with E-state index in [4.69, 9.17) is 16.5 Å². The van der Waals surface area contributed by atoms with Gasteiger partial charge >= 0.3 is 0 Å². The Morgan fingerprint density at radius 1 is 0.960 bits per heavy atom. The molecule has 2 aromatic rings. The number of hydrogen-bond donors (Lipinski definition) is 4. The zero-order valence-electron chi connectivity index (χ0n) is 30.2. The zero-order chi connectivity index (χ0) is 37.4. The summed E-state index contributed by atoms with van der Waals surface area (Å²) in [6, 6.07) is 4.15. The van der Waals surface area contributed by atoms with Gasteiger partial charge in [-0.15, -0.1) is 11.3 Å². The minimum Gasteiger partial charge on any atom is -0.405 e. The van der Waals surface area contributed by atoms with Crippen LogP contribution in [0.4, 0.5) is 0 Å². The molecule has 2 rings (SSSR count). The van der Waals surface area contributed by atoms with E-state index < -0.39 is 47.5 Å². The summed E-state index contributed by atoms with van der Waals surface area (Å²) in [5.74, 6) is -4.60. The maximum atomic E-state index is 13.8. The first-order chi connectivity index (χ1) is 23.7. The number of benzene rings is 1. The van der Waals surface area contributed by atoms with Crippen LogP contribution in [0.5, 0.6) is 0 Å². The summed E-state index contributed by atoms with van der Waals surface area (Å²) in [6.07, 6.45) is 10.2. The molecule has 0 aliphatic rings. The Morgan fingerprint density at radius 2 is 1.68 bits per heavy atom. The van der Waals surface area contributed by atoms with Crippen LogP contribution in [0.25, 0.3) is 10.2 Å². The number of allylic oxidation sites excluding steroid dienone is 2. The number of nitrogens with two attached hydrogens (primary N) is 2. The van der Waals surface area contributed by atoms with Crippen LogP contribution in [0.15, 0.2) is 52.6 Å². The molecule has 12 nitrogen and oxygen atoms in total. The number of fused-ring (bicyclic) bond motifs is 1. The molecule has 5 atom stereocenters. The lowest BCUT2D eigenvalue weighted by Gasteiger charge is -2.23. The van der Waals surface area contributed by atoms with Crippen LogP contribution in [-0.4, -0.2) is 59.0 Å². The van der Waals surface area contributed by atoms with Gasteiger partial charge in [-0.1, -0.05) is 73.1 Å². The maximum Gasteiger partial charge on any atom is 0.268 e. The second-order valence-electron chi connectivity index (χ2n) is 13.1. The minimum atomic E-state index is -1.04. The molecule has 1 unspecified atom stereocenters. The van der Waals surface area contributed by atoms with Crippen molar-refractivity contribution in [2.75, 3.05) is 0 Å². The molecule has 0 radical (unpaired) electrons. The number of aromatic nitrogens is 1. The third-order valence-corrected chi connectivity index (χ3v) is 9.11. The first-order valence-electron chi connectivity index (χ1n) is 17.2. The molecule has 50 heavy (non-hydrogen) atoms. The highest BCUT2D eigenvalue weighted by atomic mass is 32.1. The van der Waals surface area contributed by atoms with Crippen molar-refractivity contribution in [3.63, 3.8) is 0 Å². The monoisotopic (exact) mass is 707 g/mol. The van der Waals surface area contributed by atoms with Gasteiger partial charge < -0.3 is 22.1 Å². The average Bonchev–Trinajstić information content (AvgIpc) is 3.47. The molecular formula is C37H53N7O5S. The van der Waals surface area contributed by atoms with Gasteiger partial charge in [0.2, 0.25) is 23.6 Å². The molecule has 0 bridgehead atoms. The lowest BCUT2D eigenvalue weighted by Crippen LogP contribution is -2.48. The highest BCUT2D eigenvalue weighted by Gasteiger charge is 2.30. The van der Waals surface area contributed by atoms with Gasteiger partial charge in [-0.05, 0) is 60.6 Å². The fourth-order valence-electron chi connectivity index (χ4n) is 4.90. The summed E-state index contributed by atoms with van der Waals surface area (Å²) in [6.45, 7) is 13.6. The van der Waals surface area contributed by atoms with E-state index in [0.717, 1.165) is 10.2 Å². The normalized spacial score (nSPS) is 15.3. The number of rotatable bonds is 19. The molecule has 272 valence electrons. The van der Waals surface area contributed by atoms with Gasteiger partial charge in [0.1, 0.15) is 12.1 Å². The summed E-state index contributed by atoms with van der Waals surface area (Å²) >= 11 is 1.47. The summed E-state index contributed by atoms with van der Waals surface area (Å²) in [7, 11) is 0. The SMILES string of the molecule is CCCC(=O)N=C[C@H](Cc1nc2ccc(C(C)C)cc2s1)C(=O)N[C@H](C(=O)N=CC(/C=C/C=C/N)C(=O)N[C@@H](CC(C)C)C(N)=O)[C@@H](C)CC. The first kappa shape index (κ1) is 41.7. The Labute approximate surface area is 299 Å². The van der Waals surface area contributed by atoms with Gasteiger partial charge in [-0.3, -0.25) is 24.0 Å². The Morgan fingerprint density at radius 3 is 2.28 bits per heavy atom.